The number of ether oxygens (including phenoxy) is 1. The molecule has 31 heavy (non-hydrogen) atoms. The van der Waals surface area contributed by atoms with Gasteiger partial charge in [-0.3, -0.25) is 0 Å². The van der Waals surface area contributed by atoms with E-state index in [1.54, 1.807) is 31.2 Å². The fraction of sp³-hybridized carbons (Fsp3) is 0.182. The summed E-state index contributed by atoms with van der Waals surface area (Å²) in [6.07, 6.45) is -7.06. The van der Waals surface area contributed by atoms with E-state index in [-0.39, 0.29) is 11.4 Å². The van der Waals surface area contributed by atoms with Gasteiger partial charge >= 0.3 is 12.4 Å². The van der Waals surface area contributed by atoms with Crippen LogP contribution in [0.5, 0.6) is 5.75 Å². The summed E-state index contributed by atoms with van der Waals surface area (Å²) < 4.78 is 87.3. The first kappa shape index (κ1) is 22.3. The monoisotopic (exact) mass is 438 g/mol. The largest absolute Gasteiger partial charge is 0.497 e. The van der Waals surface area contributed by atoms with Gasteiger partial charge < -0.3 is 4.74 Å². The lowest BCUT2D eigenvalue weighted by molar-refractivity contribution is -0.0612. The zero-order valence-corrected chi connectivity index (χ0v) is 16.3. The first-order valence-electron chi connectivity index (χ1n) is 8.94. The third kappa shape index (κ3) is 5.22. The van der Waals surface area contributed by atoms with E-state index in [0.29, 0.717) is 16.9 Å². The Morgan fingerprint density at radius 2 is 1.39 bits per heavy atom. The summed E-state index contributed by atoms with van der Waals surface area (Å²) in [6.45, 7) is 1.59. The molecule has 0 amide bonds. The van der Waals surface area contributed by atoms with Gasteiger partial charge in [0, 0.05) is 5.57 Å². The number of benzene rings is 2. The average Bonchev–Trinajstić information content (AvgIpc) is 2.85. The molecule has 1 heterocycles. The van der Waals surface area contributed by atoms with Crippen molar-refractivity contribution in [3.63, 3.8) is 0 Å². The highest BCUT2D eigenvalue weighted by atomic mass is 19.4. The van der Waals surface area contributed by atoms with Crippen LogP contribution < -0.4 is 4.74 Å². The molecule has 162 valence electrons. The topological polar surface area (TPSA) is 34.0 Å². The Kier molecular flexibility index (Phi) is 6.06. The van der Waals surface area contributed by atoms with Crippen molar-refractivity contribution in [3.05, 3.63) is 71.3 Å². The van der Waals surface area contributed by atoms with Crippen molar-refractivity contribution in [2.45, 2.75) is 19.3 Å². The number of alkyl halides is 6. The quantitative estimate of drug-likeness (QED) is 0.479. The van der Waals surface area contributed by atoms with Crippen molar-refractivity contribution < 1.29 is 31.1 Å². The Morgan fingerprint density at radius 3 is 1.94 bits per heavy atom. The minimum Gasteiger partial charge on any atom is -0.497 e. The average molecular weight is 438 g/mol. The maximum Gasteiger partial charge on any atom is 0.434 e. The van der Waals surface area contributed by atoms with Crippen LogP contribution in [-0.4, -0.2) is 30.9 Å². The summed E-state index contributed by atoms with van der Waals surface area (Å²) in [4.78, 5) is 7.03. The van der Waals surface area contributed by atoms with Crippen LogP contribution in [0.2, 0.25) is 0 Å². The molecule has 0 aliphatic carbocycles. The number of nitrogens with zero attached hydrogens (tertiary/aromatic N) is 2. The molecule has 0 bridgehead atoms. The summed E-state index contributed by atoms with van der Waals surface area (Å²) in [7, 11) is 1.47. The molecular weight excluding hydrogens is 422 g/mol. The first-order valence-corrected chi connectivity index (χ1v) is 8.94. The molecule has 1 aliphatic heterocycles. The number of allylic oxidation sites excluding steroid dienone is 3. The second kappa shape index (κ2) is 8.41. The molecule has 0 fully saturated rings. The Morgan fingerprint density at radius 1 is 0.806 bits per heavy atom. The Labute approximate surface area is 174 Å². The Bertz CT molecular complexity index is 1090. The number of rotatable bonds is 3. The van der Waals surface area contributed by atoms with E-state index in [0.717, 1.165) is 12.2 Å². The minimum atomic E-state index is -5.13. The molecule has 0 atom stereocenters. The molecule has 0 saturated heterocycles. The van der Waals surface area contributed by atoms with Gasteiger partial charge in [-0.05, 0) is 42.3 Å². The smallest absolute Gasteiger partial charge is 0.434 e. The zero-order chi connectivity index (χ0) is 22.8. The second-order valence-electron chi connectivity index (χ2n) is 6.62. The number of fused-ring (bicyclic) bond motifs is 1. The maximum atomic E-state index is 13.7. The van der Waals surface area contributed by atoms with Crippen molar-refractivity contribution in [2.75, 3.05) is 7.11 Å². The van der Waals surface area contributed by atoms with E-state index in [1.807, 2.05) is 0 Å². The highest BCUT2D eigenvalue weighted by molar-refractivity contribution is 6.30. The molecule has 2 aromatic carbocycles. The van der Waals surface area contributed by atoms with Crippen LogP contribution in [0.1, 0.15) is 11.1 Å². The van der Waals surface area contributed by atoms with Crippen LogP contribution >= 0.6 is 0 Å². The van der Waals surface area contributed by atoms with Crippen molar-refractivity contribution in [3.8, 4) is 5.75 Å². The lowest BCUT2D eigenvalue weighted by Crippen LogP contribution is -2.34. The highest BCUT2D eigenvalue weighted by Crippen LogP contribution is 2.39. The molecule has 0 saturated carbocycles. The molecule has 1 aliphatic rings. The molecule has 0 spiro atoms. The van der Waals surface area contributed by atoms with Crippen LogP contribution in [0.15, 0.2) is 70.2 Å². The van der Waals surface area contributed by atoms with E-state index in [9.17, 15) is 26.3 Å². The summed E-state index contributed by atoms with van der Waals surface area (Å²) in [5, 5.41) is 0. The maximum absolute atomic E-state index is 13.7. The molecular formula is C22H16F6N2O. The fourth-order valence-electron chi connectivity index (χ4n) is 2.85. The van der Waals surface area contributed by atoms with Crippen LogP contribution in [0.3, 0.4) is 0 Å². The Balaban J connectivity index is 2.16. The van der Waals surface area contributed by atoms with E-state index < -0.39 is 29.3 Å². The van der Waals surface area contributed by atoms with Crippen LogP contribution in [-0.2, 0) is 0 Å². The number of halogens is 6. The number of aryl methyl sites for hydroxylation is 1. The van der Waals surface area contributed by atoms with Gasteiger partial charge in [-0.15, -0.1) is 0 Å². The highest BCUT2D eigenvalue weighted by Gasteiger charge is 2.47. The first-order chi connectivity index (χ1) is 14.5. The van der Waals surface area contributed by atoms with Gasteiger partial charge in [0.25, 0.3) is 0 Å². The van der Waals surface area contributed by atoms with Gasteiger partial charge in [-0.2, -0.15) is 26.3 Å². The minimum absolute atomic E-state index is 0.281. The zero-order valence-electron chi connectivity index (χ0n) is 16.3. The molecule has 0 unspecified atom stereocenters. The number of aliphatic imine (C=N–C) groups is 2. The standard InChI is InChI=1S/C22H16F6N2O/c1-13-6-11-17-18(12-13)30-20(22(26,27)28)16(19(29-17)21(23,24)25)5-3-4-14-7-9-15(31-2)10-8-14/h3-12H,1-2H3/b4-3+,16-5-. The Hall–Kier alpha value is -3.36. The second-order valence-corrected chi connectivity index (χ2v) is 6.62. The normalized spacial score (nSPS) is 16.1. The summed E-state index contributed by atoms with van der Waals surface area (Å²) in [5.74, 6) is 0.560. The molecule has 0 radical (unpaired) electrons. The molecule has 0 N–H and O–H groups in total. The molecule has 0 aromatic heterocycles. The summed E-state index contributed by atoms with van der Waals surface area (Å²) in [6, 6.07) is 10.4. The summed E-state index contributed by atoms with van der Waals surface area (Å²) in [5.41, 5.74) is -3.95. The van der Waals surface area contributed by atoms with Gasteiger partial charge in [0.2, 0.25) is 0 Å². The molecule has 3 nitrogen and oxygen atoms in total. The van der Waals surface area contributed by atoms with Crippen molar-refractivity contribution in [1.29, 1.82) is 0 Å². The van der Waals surface area contributed by atoms with Crippen LogP contribution in [0, 0.1) is 6.92 Å². The van der Waals surface area contributed by atoms with Gasteiger partial charge in [0.1, 0.15) is 5.75 Å². The van der Waals surface area contributed by atoms with E-state index >= 15 is 0 Å². The van der Waals surface area contributed by atoms with Gasteiger partial charge in [-0.25, -0.2) is 9.98 Å². The number of methoxy groups -OCH3 is 1. The lowest BCUT2D eigenvalue weighted by atomic mass is 10.0. The SMILES string of the molecule is COc1ccc(/C=C/C=C2/C(C(F)(F)F)=Nc3ccc(C)cc3N=C2C(F)(F)F)cc1. The lowest BCUT2D eigenvalue weighted by Gasteiger charge is -2.16. The third-order valence-electron chi connectivity index (χ3n) is 4.31. The van der Waals surface area contributed by atoms with E-state index in [4.69, 9.17) is 4.74 Å². The van der Waals surface area contributed by atoms with E-state index in [1.165, 1.54) is 31.4 Å². The predicted octanol–water partition coefficient (Wildman–Crippen LogP) is 6.93. The molecule has 3 rings (SSSR count). The van der Waals surface area contributed by atoms with Crippen LogP contribution in [0.4, 0.5) is 37.7 Å². The van der Waals surface area contributed by atoms with Crippen molar-refractivity contribution >= 4 is 28.9 Å². The van der Waals surface area contributed by atoms with Gasteiger partial charge in [0.05, 0.1) is 18.5 Å². The van der Waals surface area contributed by atoms with Crippen molar-refractivity contribution in [1.82, 2.24) is 0 Å². The molecule has 9 heteroatoms. The van der Waals surface area contributed by atoms with Gasteiger partial charge in [-0.1, -0.05) is 36.4 Å². The predicted molar refractivity (Wildman–Crippen MR) is 108 cm³/mol. The van der Waals surface area contributed by atoms with Gasteiger partial charge in [0.15, 0.2) is 11.4 Å². The molecule has 2 aromatic rings. The summed E-state index contributed by atoms with van der Waals surface area (Å²) >= 11 is 0. The van der Waals surface area contributed by atoms with E-state index in [2.05, 4.69) is 9.98 Å². The third-order valence-corrected chi connectivity index (χ3v) is 4.31. The van der Waals surface area contributed by atoms with Crippen molar-refractivity contribution in [2.24, 2.45) is 9.98 Å². The van der Waals surface area contributed by atoms with Crippen LogP contribution in [0.25, 0.3) is 6.08 Å². The fourth-order valence-corrected chi connectivity index (χ4v) is 2.85. The number of hydrogen-bond donors (Lipinski definition) is 0. The number of hydrogen-bond acceptors (Lipinski definition) is 3.